The Bertz CT molecular complexity index is 1590. The second kappa shape index (κ2) is 10.6. The van der Waals surface area contributed by atoms with E-state index in [-0.39, 0.29) is 11.3 Å². The summed E-state index contributed by atoms with van der Waals surface area (Å²) in [5.41, 5.74) is 3.82. The number of hydrogen-bond donors (Lipinski definition) is 1. The molecule has 0 radical (unpaired) electrons. The Morgan fingerprint density at radius 2 is 1.74 bits per heavy atom. The summed E-state index contributed by atoms with van der Waals surface area (Å²) in [4.78, 5) is 39.6. The molecule has 0 aliphatic carbocycles. The van der Waals surface area contributed by atoms with E-state index in [0.717, 1.165) is 33.5 Å². The van der Waals surface area contributed by atoms with E-state index in [0.29, 0.717) is 23.7 Å². The number of halogens is 1. The molecular formula is C30H26ClN3O4. The van der Waals surface area contributed by atoms with Crippen LogP contribution >= 0.6 is 11.6 Å². The zero-order valence-corrected chi connectivity index (χ0v) is 21.8. The van der Waals surface area contributed by atoms with Crippen molar-refractivity contribution in [3.63, 3.8) is 0 Å². The molecule has 0 atom stereocenters. The van der Waals surface area contributed by atoms with Gasteiger partial charge in [-0.1, -0.05) is 53.6 Å². The van der Waals surface area contributed by atoms with Gasteiger partial charge in [0.05, 0.1) is 12.3 Å². The van der Waals surface area contributed by atoms with Gasteiger partial charge in [-0.2, -0.15) is 0 Å². The van der Waals surface area contributed by atoms with E-state index >= 15 is 0 Å². The van der Waals surface area contributed by atoms with Gasteiger partial charge in [0.25, 0.3) is 11.8 Å². The fraction of sp³-hybridized carbons (Fsp3) is 0.167. The van der Waals surface area contributed by atoms with Gasteiger partial charge in [0.15, 0.2) is 0 Å². The van der Waals surface area contributed by atoms with Gasteiger partial charge in [0.1, 0.15) is 11.3 Å². The average Bonchev–Trinajstić information content (AvgIpc) is 3.25. The van der Waals surface area contributed by atoms with Gasteiger partial charge in [0, 0.05) is 34.2 Å². The molecule has 7 nitrogen and oxygen atoms in total. The second-order valence-corrected chi connectivity index (χ2v) is 9.61. The number of barbiturate groups is 1. The van der Waals surface area contributed by atoms with Gasteiger partial charge in [-0.25, -0.2) is 9.69 Å². The summed E-state index contributed by atoms with van der Waals surface area (Å²) in [6.07, 6.45) is 4.21. The number of carbonyl (C=O) groups excluding carboxylic acids is 3. The van der Waals surface area contributed by atoms with E-state index in [1.807, 2.05) is 68.6 Å². The highest BCUT2D eigenvalue weighted by atomic mass is 35.5. The first-order chi connectivity index (χ1) is 18.3. The van der Waals surface area contributed by atoms with Crippen LogP contribution in [-0.2, 0) is 16.1 Å². The molecule has 1 saturated heterocycles. The highest BCUT2D eigenvalue weighted by Crippen LogP contribution is 2.29. The Morgan fingerprint density at radius 3 is 2.50 bits per heavy atom. The molecular weight excluding hydrogens is 502 g/mol. The maximum Gasteiger partial charge on any atom is 0.335 e. The lowest BCUT2D eigenvalue weighted by molar-refractivity contribution is -0.122. The number of aryl methyl sites for hydroxylation is 3. The Hall–Kier alpha value is -4.36. The quantitative estimate of drug-likeness (QED) is 0.180. The lowest BCUT2D eigenvalue weighted by atomic mass is 10.1. The molecule has 5 rings (SSSR count). The Kier molecular flexibility index (Phi) is 7.03. The molecule has 3 aromatic carbocycles. The van der Waals surface area contributed by atoms with Gasteiger partial charge in [0.2, 0.25) is 0 Å². The first kappa shape index (κ1) is 25.3. The number of ether oxygens (including phenoxy) is 1. The number of benzene rings is 3. The molecule has 0 unspecified atom stereocenters. The molecule has 192 valence electrons. The van der Waals surface area contributed by atoms with Crippen molar-refractivity contribution in [1.29, 1.82) is 0 Å². The summed E-state index contributed by atoms with van der Waals surface area (Å²) in [5, 5.41) is 3.58. The maximum atomic E-state index is 13.4. The van der Waals surface area contributed by atoms with E-state index in [2.05, 4.69) is 9.88 Å². The van der Waals surface area contributed by atoms with Crippen LogP contribution in [0.25, 0.3) is 17.0 Å². The molecule has 1 aliphatic heterocycles. The third kappa shape index (κ3) is 5.06. The predicted octanol–water partition coefficient (Wildman–Crippen LogP) is 6.05. The summed E-state index contributed by atoms with van der Waals surface area (Å²) >= 11 is 6.22. The summed E-state index contributed by atoms with van der Waals surface area (Å²) in [6.45, 7) is 5.08. The fourth-order valence-corrected chi connectivity index (χ4v) is 4.58. The third-order valence-corrected chi connectivity index (χ3v) is 6.87. The molecule has 0 saturated carbocycles. The number of fused-ring (bicyclic) bond motifs is 1. The molecule has 0 bridgehead atoms. The molecule has 2 heterocycles. The molecule has 8 heteroatoms. The minimum atomic E-state index is -0.812. The van der Waals surface area contributed by atoms with Crippen molar-refractivity contribution >= 4 is 52.1 Å². The van der Waals surface area contributed by atoms with Crippen LogP contribution in [0.1, 0.15) is 23.1 Å². The average molecular weight is 528 g/mol. The monoisotopic (exact) mass is 527 g/mol. The third-order valence-electron chi connectivity index (χ3n) is 6.47. The van der Waals surface area contributed by atoms with Crippen LogP contribution in [0.3, 0.4) is 0 Å². The summed E-state index contributed by atoms with van der Waals surface area (Å²) in [6, 6.07) is 19.8. The van der Waals surface area contributed by atoms with Gasteiger partial charge in [-0.05, 0) is 62.2 Å². The zero-order valence-electron chi connectivity index (χ0n) is 21.0. The molecule has 1 fully saturated rings. The first-order valence-electron chi connectivity index (χ1n) is 12.3. The number of amides is 4. The molecule has 4 amide bonds. The van der Waals surface area contributed by atoms with Crippen molar-refractivity contribution in [2.75, 3.05) is 11.5 Å². The minimum Gasteiger partial charge on any atom is -0.494 e. The van der Waals surface area contributed by atoms with E-state index in [4.69, 9.17) is 16.3 Å². The standard InChI is InChI=1S/C30H26ClN3O4/c1-19-8-12-23(13-9-19)38-15-5-14-33-18-21(24-6-3-4-7-27(24)33)16-25-28(35)32-30(37)34(29(25)36)22-11-10-20(2)26(31)17-22/h3-4,6-13,16-18H,5,14-15H2,1-2H3,(H,32,35,37)/b25-16-. The number of para-hydroxylation sites is 1. The van der Waals surface area contributed by atoms with Crippen LogP contribution in [0.4, 0.5) is 10.5 Å². The number of nitrogens with zero attached hydrogens (tertiary/aromatic N) is 2. The van der Waals surface area contributed by atoms with Gasteiger partial charge >= 0.3 is 6.03 Å². The second-order valence-electron chi connectivity index (χ2n) is 9.20. The van der Waals surface area contributed by atoms with Crippen LogP contribution in [0.15, 0.2) is 78.5 Å². The topological polar surface area (TPSA) is 80.6 Å². The zero-order chi connectivity index (χ0) is 26.8. The number of hydrogen-bond acceptors (Lipinski definition) is 4. The molecule has 1 aromatic heterocycles. The van der Waals surface area contributed by atoms with Crippen LogP contribution < -0.4 is 15.0 Å². The van der Waals surface area contributed by atoms with Crippen LogP contribution in [-0.4, -0.2) is 29.0 Å². The highest BCUT2D eigenvalue weighted by molar-refractivity contribution is 6.39. The number of anilines is 1. The number of aromatic nitrogens is 1. The Balaban J connectivity index is 1.40. The van der Waals surface area contributed by atoms with E-state index in [9.17, 15) is 14.4 Å². The summed E-state index contributed by atoms with van der Waals surface area (Å²) < 4.78 is 7.94. The van der Waals surface area contributed by atoms with Gasteiger partial charge in [-0.3, -0.25) is 14.9 Å². The van der Waals surface area contributed by atoms with Crippen LogP contribution in [0.5, 0.6) is 5.75 Å². The van der Waals surface area contributed by atoms with Crippen molar-refractivity contribution in [2.45, 2.75) is 26.8 Å². The number of rotatable bonds is 7. The van der Waals surface area contributed by atoms with Crippen molar-refractivity contribution < 1.29 is 19.1 Å². The molecule has 1 aliphatic rings. The number of urea groups is 1. The van der Waals surface area contributed by atoms with Crippen LogP contribution in [0.2, 0.25) is 5.02 Å². The lowest BCUT2D eigenvalue weighted by Gasteiger charge is -2.26. The summed E-state index contributed by atoms with van der Waals surface area (Å²) in [7, 11) is 0. The number of nitrogens with one attached hydrogen (secondary N) is 1. The Labute approximate surface area is 225 Å². The van der Waals surface area contributed by atoms with E-state index < -0.39 is 17.8 Å². The highest BCUT2D eigenvalue weighted by Gasteiger charge is 2.37. The molecule has 4 aromatic rings. The molecule has 38 heavy (non-hydrogen) atoms. The largest absolute Gasteiger partial charge is 0.494 e. The normalized spacial score (nSPS) is 14.9. The summed E-state index contributed by atoms with van der Waals surface area (Å²) in [5.74, 6) is -0.617. The molecule has 0 spiro atoms. The lowest BCUT2D eigenvalue weighted by Crippen LogP contribution is -2.54. The predicted molar refractivity (Wildman–Crippen MR) is 148 cm³/mol. The van der Waals surface area contributed by atoms with Gasteiger partial charge < -0.3 is 9.30 Å². The van der Waals surface area contributed by atoms with Crippen molar-refractivity contribution in [2.24, 2.45) is 0 Å². The maximum absolute atomic E-state index is 13.4. The molecule has 1 N–H and O–H groups in total. The smallest absolute Gasteiger partial charge is 0.335 e. The van der Waals surface area contributed by atoms with Crippen molar-refractivity contribution in [3.8, 4) is 5.75 Å². The number of carbonyl (C=O) groups is 3. The first-order valence-corrected chi connectivity index (χ1v) is 12.6. The van der Waals surface area contributed by atoms with E-state index in [1.165, 1.54) is 17.7 Å². The minimum absolute atomic E-state index is 0.132. The Morgan fingerprint density at radius 1 is 0.974 bits per heavy atom. The van der Waals surface area contributed by atoms with Crippen LogP contribution in [0, 0.1) is 13.8 Å². The van der Waals surface area contributed by atoms with Crippen molar-refractivity contribution in [3.05, 3.63) is 100 Å². The number of imide groups is 2. The fourth-order valence-electron chi connectivity index (χ4n) is 4.40. The van der Waals surface area contributed by atoms with Crippen molar-refractivity contribution in [1.82, 2.24) is 9.88 Å². The van der Waals surface area contributed by atoms with E-state index in [1.54, 1.807) is 12.1 Å². The van der Waals surface area contributed by atoms with Gasteiger partial charge in [-0.15, -0.1) is 0 Å². The SMILES string of the molecule is Cc1ccc(OCCCn2cc(/C=C3/C(=O)NC(=O)N(c4ccc(C)c(Cl)c4)C3=O)c3ccccc32)cc1.